The van der Waals surface area contributed by atoms with Crippen molar-refractivity contribution in [2.75, 3.05) is 17.7 Å². The molecule has 7 heteroatoms. The lowest BCUT2D eigenvalue weighted by molar-refractivity contribution is -0.118. The van der Waals surface area contributed by atoms with Crippen LogP contribution in [-0.4, -0.2) is 18.9 Å². The largest absolute Gasteiger partial charge is 0.495 e. The molecule has 0 aliphatic carbocycles. The summed E-state index contributed by atoms with van der Waals surface area (Å²) in [7, 11) is 1.54. The van der Waals surface area contributed by atoms with E-state index in [1.807, 2.05) is 75.4 Å². The molecule has 0 saturated heterocycles. The average molecular weight is 497 g/mol. The Balaban J connectivity index is 1.80. The Kier molecular flexibility index (Phi) is 8.64. The van der Waals surface area contributed by atoms with Gasteiger partial charge in [0.2, 0.25) is 11.8 Å². The Bertz CT molecular complexity index is 1150. The molecule has 1 unspecified atom stereocenters. The molecule has 34 heavy (non-hydrogen) atoms. The number of hydrogen-bond donors (Lipinski definition) is 2. The number of methoxy groups -OCH3 is 1. The van der Waals surface area contributed by atoms with Crippen molar-refractivity contribution in [3.05, 3.63) is 83.4 Å². The predicted molar refractivity (Wildman–Crippen MR) is 141 cm³/mol. The molecule has 0 spiro atoms. The highest BCUT2D eigenvalue weighted by atomic mass is 35.5. The first-order valence-corrected chi connectivity index (χ1v) is 12.2. The van der Waals surface area contributed by atoms with Gasteiger partial charge in [-0.2, -0.15) is 0 Å². The summed E-state index contributed by atoms with van der Waals surface area (Å²) in [5, 5.41) is 5.82. The van der Waals surface area contributed by atoms with Gasteiger partial charge in [0.1, 0.15) is 11.0 Å². The van der Waals surface area contributed by atoms with Crippen molar-refractivity contribution in [3.8, 4) is 5.75 Å². The molecular formula is C27H29ClN2O3S. The van der Waals surface area contributed by atoms with Crippen molar-refractivity contribution in [1.82, 2.24) is 0 Å². The van der Waals surface area contributed by atoms with Gasteiger partial charge in [-0.15, -0.1) is 11.8 Å². The van der Waals surface area contributed by atoms with Crippen LogP contribution in [0.4, 0.5) is 11.4 Å². The summed E-state index contributed by atoms with van der Waals surface area (Å²) in [5.74, 6) is 0.321. The topological polar surface area (TPSA) is 67.4 Å². The molecule has 3 aromatic rings. The monoisotopic (exact) mass is 496 g/mol. The zero-order valence-corrected chi connectivity index (χ0v) is 21.3. The maximum absolute atomic E-state index is 13.3. The number of hydrogen-bond acceptors (Lipinski definition) is 4. The van der Waals surface area contributed by atoms with Crippen LogP contribution < -0.4 is 15.4 Å². The first-order chi connectivity index (χ1) is 16.1. The molecule has 0 fully saturated rings. The van der Waals surface area contributed by atoms with E-state index in [0.717, 1.165) is 10.5 Å². The van der Waals surface area contributed by atoms with Crippen molar-refractivity contribution in [2.45, 2.75) is 37.3 Å². The van der Waals surface area contributed by atoms with Crippen molar-refractivity contribution in [1.29, 1.82) is 0 Å². The number of benzene rings is 3. The molecule has 0 aliphatic heterocycles. The summed E-state index contributed by atoms with van der Waals surface area (Å²) in [5.41, 5.74) is 2.05. The van der Waals surface area contributed by atoms with Crippen LogP contribution in [0, 0.1) is 5.41 Å². The SMILES string of the molecule is COc1ccc(NC(=O)C(Sc2cccc(NC(=O)CC(C)(C)C)c2)c2ccccc2)cc1Cl. The van der Waals surface area contributed by atoms with Gasteiger partial charge in [0.15, 0.2) is 0 Å². The van der Waals surface area contributed by atoms with Crippen molar-refractivity contribution >= 4 is 46.6 Å². The Morgan fingerprint density at radius 2 is 1.65 bits per heavy atom. The minimum absolute atomic E-state index is 0.0385. The first-order valence-electron chi connectivity index (χ1n) is 10.9. The van der Waals surface area contributed by atoms with E-state index in [0.29, 0.717) is 28.6 Å². The third-order valence-electron chi connectivity index (χ3n) is 4.82. The Labute approximate surface area is 210 Å². The molecule has 0 radical (unpaired) electrons. The zero-order valence-electron chi connectivity index (χ0n) is 19.7. The summed E-state index contributed by atoms with van der Waals surface area (Å²) in [6.45, 7) is 6.08. The van der Waals surface area contributed by atoms with E-state index in [2.05, 4.69) is 10.6 Å². The van der Waals surface area contributed by atoms with Crippen LogP contribution in [0.15, 0.2) is 77.7 Å². The molecule has 178 valence electrons. The molecule has 2 amide bonds. The molecule has 0 heterocycles. The van der Waals surface area contributed by atoms with Gasteiger partial charge in [-0.25, -0.2) is 0 Å². The van der Waals surface area contributed by atoms with E-state index >= 15 is 0 Å². The molecule has 3 rings (SSSR count). The van der Waals surface area contributed by atoms with Gasteiger partial charge in [0.05, 0.1) is 12.1 Å². The minimum Gasteiger partial charge on any atom is -0.495 e. The molecule has 1 atom stereocenters. The molecule has 3 aromatic carbocycles. The number of ether oxygens (including phenoxy) is 1. The highest BCUT2D eigenvalue weighted by molar-refractivity contribution is 8.00. The van der Waals surface area contributed by atoms with Crippen molar-refractivity contribution < 1.29 is 14.3 Å². The summed E-state index contributed by atoms with van der Waals surface area (Å²) in [6, 6.07) is 22.2. The van der Waals surface area contributed by atoms with Crippen LogP contribution in [0.3, 0.4) is 0 Å². The van der Waals surface area contributed by atoms with Gasteiger partial charge in [0.25, 0.3) is 0 Å². The normalized spacial score (nSPS) is 12.0. The van der Waals surface area contributed by atoms with E-state index in [9.17, 15) is 9.59 Å². The fourth-order valence-corrected chi connectivity index (χ4v) is 4.66. The third kappa shape index (κ3) is 7.54. The second-order valence-electron chi connectivity index (χ2n) is 9.06. The number of amides is 2. The second-order valence-corrected chi connectivity index (χ2v) is 10.6. The van der Waals surface area contributed by atoms with Crippen LogP contribution in [0.5, 0.6) is 5.75 Å². The average Bonchev–Trinajstić information content (AvgIpc) is 2.77. The number of nitrogens with one attached hydrogen (secondary N) is 2. The maximum atomic E-state index is 13.3. The number of rotatable bonds is 8. The van der Waals surface area contributed by atoms with Gasteiger partial charge in [-0.3, -0.25) is 9.59 Å². The Hall–Kier alpha value is -2.96. The molecule has 0 saturated carbocycles. The second kappa shape index (κ2) is 11.4. The van der Waals surface area contributed by atoms with Gasteiger partial charge in [-0.05, 0) is 47.4 Å². The standard InChI is InChI=1S/C27H29ClN2O3S/c1-27(2,3)17-24(31)29-19-11-8-12-21(15-19)34-25(18-9-6-5-7-10-18)26(32)30-20-13-14-23(33-4)22(28)16-20/h5-16,25H,17H2,1-4H3,(H,29,31)(H,30,32). The lowest BCUT2D eigenvalue weighted by Gasteiger charge is -2.19. The molecule has 0 aliphatic rings. The van der Waals surface area contributed by atoms with Gasteiger partial charge in [0, 0.05) is 22.7 Å². The van der Waals surface area contributed by atoms with Crippen LogP contribution in [0.1, 0.15) is 38.0 Å². The van der Waals surface area contributed by atoms with Crippen molar-refractivity contribution in [2.24, 2.45) is 5.41 Å². The minimum atomic E-state index is -0.511. The lowest BCUT2D eigenvalue weighted by Crippen LogP contribution is -2.20. The quantitative estimate of drug-likeness (QED) is 0.324. The molecule has 0 aromatic heterocycles. The van der Waals surface area contributed by atoms with Crippen LogP contribution in [0.2, 0.25) is 5.02 Å². The highest BCUT2D eigenvalue weighted by Crippen LogP contribution is 2.38. The summed E-state index contributed by atoms with van der Waals surface area (Å²) >= 11 is 7.64. The maximum Gasteiger partial charge on any atom is 0.242 e. The molecule has 0 bridgehead atoms. The van der Waals surface area contributed by atoms with Gasteiger partial charge < -0.3 is 15.4 Å². The van der Waals surface area contributed by atoms with Crippen LogP contribution >= 0.6 is 23.4 Å². The van der Waals surface area contributed by atoms with Crippen molar-refractivity contribution in [3.63, 3.8) is 0 Å². The fourth-order valence-electron chi connectivity index (χ4n) is 3.32. The summed E-state index contributed by atoms with van der Waals surface area (Å²) in [4.78, 5) is 26.6. The number of carbonyl (C=O) groups is 2. The number of thioether (sulfide) groups is 1. The highest BCUT2D eigenvalue weighted by Gasteiger charge is 2.23. The van der Waals surface area contributed by atoms with Gasteiger partial charge >= 0.3 is 0 Å². The zero-order chi connectivity index (χ0) is 24.7. The van der Waals surface area contributed by atoms with Gasteiger partial charge in [-0.1, -0.05) is 68.8 Å². The van der Waals surface area contributed by atoms with Crippen LogP contribution in [-0.2, 0) is 9.59 Å². The first kappa shape index (κ1) is 25.7. The smallest absolute Gasteiger partial charge is 0.242 e. The van der Waals surface area contributed by atoms with Crippen LogP contribution in [0.25, 0.3) is 0 Å². The molecule has 2 N–H and O–H groups in total. The van der Waals surface area contributed by atoms with E-state index in [4.69, 9.17) is 16.3 Å². The Morgan fingerprint density at radius 3 is 2.29 bits per heavy atom. The Morgan fingerprint density at radius 1 is 0.941 bits per heavy atom. The fraction of sp³-hybridized carbons (Fsp3) is 0.259. The van der Waals surface area contributed by atoms with E-state index in [1.54, 1.807) is 25.3 Å². The number of anilines is 2. The lowest BCUT2D eigenvalue weighted by atomic mass is 9.92. The third-order valence-corrected chi connectivity index (χ3v) is 6.37. The molecular weight excluding hydrogens is 468 g/mol. The number of carbonyl (C=O) groups excluding carboxylic acids is 2. The molecule has 5 nitrogen and oxygen atoms in total. The number of halogens is 1. The predicted octanol–water partition coefficient (Wildman–Crippen LogP) is 7.20. The van der Waals surface area contributed by atoms with E-state index in [-0.39, 0.29) is 17.2 Å². The summed E-state index contributed by atoms with van der Waals surface area (Å²) in [6.07, 6.45) is 0.420. The summed E-state index contributed by atoms with van der Waals surface area (Å²) < 4.78 is 5.19. The van der Waals surface area contributed by atoms with E-state index in [1.165, 1.54) is 11.8 Å². The van der Waals surface area contributed by atoms with E-state index < -0.39 is 5.25 Å².